The molecule has 0 heterocycles. The standard InChI is InChI=1S/C12H19IN2O2/c1-16-7-8-17-6-2-5-15-12-4-3-10(14)9-11(12)13/h3-4,9,15H,2,5-8,14H2,1H3. The third-order valence-electron chi connectivity index (χ3n) is 2.21. The monoisotopic (exact) mass is 350 g/mol. The molecule has 0 radical (unpaired) electrons. The van der Waals surface area contributed by atoms with Crippen molar-refractivity contribution in [1.29, 1.82) is 0 Å². The second kappa shape index (κ2) is 8.54. The van der Waals surface area contributed by atoms with E-state index in [0.29, 0.717) is 13.2 Å². The molecule has 0 unspecified atom stereocenters. The zero-order chi connectivity index (χ0) is 12.5. The van der Waals surface area contributed by atoms with Gasteiger partial charge in [0.2, 0.25) is 0 Å². The van der Waals surface area contributed by atoms with Gasteiger partial charge in [0.15, 0.2) is 0 Å². The van der Waals surface area contributed by atoms with Crippen molar-refractivity contribution < 1.29 is 9.47 Å². The minimum atomic E-state index is 0.656. The van der Waals surface area contributed by atoms with E-state index in [1.807, 2.05) is 18.2 Å². The minimum Gasteiger partial charge on any atom is -0.399 e. The Morgan fingerprint density at radius 2 is 2.12 bits per heavy atom. The van der Waals surface area contributed by atoms with Crippen LogP contribution in [0.4, 0.5) is 11.4 Å². The summed E-state index contributed by atoms with van der Waals surface area (Å²) in [6, 6.07) is 5.86. The molecule has 17 heavy (non-hydrogen) atoms. The number of ether oxygens (including phenoxy) is 2. The molecule has 1 aromatic rings. The molecule has 0 atom stereocenters. The van der Waals surface area contributed by atoms with Gasteiger partial charge in [0, 0.05) is 35.2 Å². The summed E-state index contributed by atoms with van der Waals surface area (Å²) in [5, 5.41) is 3.36. The maximum Gasteiger partial charge on any atom is 0.0700 e. The van der Waals surface area contributed by atoms with E-state index in [1.165, 1.54) is 0 Å². The summed E-state index contributed by atoms with van der Waals surface area (Å²) >= 11 is 2.28. The van der Waals surface area contributed by atoms with Crippen LogP contribution in [0.25, 0.3) is 0 Å². The van der Waals surface area contributed by atoms with Crippen molar-refractivity contribution in [2.45, 2.75) is 6.42 Å². The van der Waals surface area contributed by atoms with Crippen LogP contribution in [0.1, 0.15) is 6.42 Å². The quantitative estimate of drug-likeness (QED) is 0.429. The highest BCUT2D eigenvalue weighted by molar-refractivity contribution is 14.1. The van der Waals surface area contributed by atoms with E-state index in [1.54, 1.807) is 7.11 Å². The molecule has 4 nitrogen and oxygen atoms in total. The Bertz CT molecular complexity index is 334. The third kappa shape index (κ3) is 6.09. The van der Waals surface area contributed by atoms with Crippen LogP contribution >= 0.6 is 22.6 Å². The van der Waals surface area contributed by atoms with Gasteiger partial charge >= 0.3 is 0 Å². The summed E-state index contributed by atoms with van der Waals surface area (Å²) in [6.45, 7) is 2.97. The molecule has 0 aliphatic heterocycles. The fraction of sp³-hybridized carbons (Fsp3) is 0.500. The molecule has 0 saturated heterocycles. The second-order valence-corrected chi connectivity index (χ2v) is 4.79. The van der Waals surface area contributed by atoms with Crippen molar-refractivity contribution >= 4 is 34.0 Å². The molecule has 1 aromatic carbocycles. The lowest BCUT2D eigenvalue weighted by atomic mass is 10.3. The number of hydrogen-bond acceptors (Lipinski definition) is 4. The molecule has 0 saturated carbocycles. The molecule has 0 bridgehead atoms. The van der Waals surface area contributed by atoms with Crippen LogP contribution in [0.2, 0.25) is 0 Å². The van der Waals surface area contributed by atoms with Crippen molar-refractivity contribution in [1.82, 2.24) is 0 Å². The SMILES string of the molecule is COCCOCCCNc1ccc(N)cc1I. The predicted molar refractivity (Wildman–Crippen MR) is 79.4 cm³/mol. The number of nitrogens with two attached hydrogens (primary N) is 1. The molecular weight excluding hydrogens is 331 g/mol. The van der Waals surface area contributed by atoms with Crippen LogP contribution in [0, 0.1) is 3.57 Å². The number of halogens is 1. The summed E-state index contributed by atoms with van der Waals surface area (Å²) in [7, 11) is 1.67. The first kappa shape index (κ1) is 14.5. The van der Waals surface area contributed by atoms with Crippen molar-refractivity contribution in [3.05, 3.63) is 21.8 Å². The number of nitrogen functional groups attached to an aromatic ring is 1. The molecule has 0 aliphatic carbocycles. The van der Waals surface area contributed by atoms with E-state index in [0.717, 1.165) is 34.5 Å². The molecule has 3 N–H and O–H groups in total. The third-order valence-corrected chi connectivity index (χ3v) is 3.10. The Balaban J connectivity index is 2.14. The Hall–Kier alpha value is -0.530. The highest BCUT2D eigenvalue weighted by atomic mass is 127. The van der Waals surface area contributed by atoms with Gasteiger partial charge in [-0.15, -0.1) is 0 Å². The van der Waals surface area contributed by atoms with E-state index >= 15 is 0 Å². The fourth-order valence-corrected chi connectivity index (χ4v) is 2.05. The zero-order valence-corrected chi connectivity index (χ0v) is 12.2. The lowest BCUT2D eigenvalue weighted by Crippen LogP contribution is -2.09. The lowest BCUT2D eigenvalue weighted by Gasteiger charge is -2.09. The molecule has 0 aliphatic rings. The van der Waals surface area contributed by atoms with Crippen LogP contribution in [0.5, 0.6) is 0 Å². The topological polar surface area (TPSA) is 56.5 Å². The van der Waals surface area contributed by atoms with Gasteiger partial charge in [-0.3, -0.25) is 0 Å². The number of hydrogen-bond donors (Lipinski definition) is 2. The molecule has 0 aromatic heterocycles. The maximum atomic E-state index is 5.69. The number of methoxy groups -OCH3 is 1. The van der Waals surface area contributed by atoms with Gasteiger partial charge in [0.1, 0.15) is 0 Å². The molecule has 96 valence electrons. The smallest absolute Gasteiger partial charge is 0.0700 e. The highest BCUT2D eigenvalue weighted by Crippen LogP contribution is 2.20. The largest absolute Gasteiger partial charge is 0.399 e. The first-order chi connectivity index (χ1) is 8.24. The summed E-state index contributed by atoms with van der Waals surface area (Å²) in [5.41, 5.74) is 7.60. The lowest BCUT2D eigenvalue weighted by molar-refractivity contribution is 0.0705. The van der Waals surface area contributed by atoms with Crippen LogP contribution < -0.4 is 11.1 Å². The number of nitrogens with one attached hydrogen (secondary N) is 1. The van der Waals surface area contributed by atoms with Crippen molar-refractivity contribution in [3.63, 3.8) is 0 Å². The number of benzene rings is 1. The van der Waals surface area contributed by atoms with E-state index in [9.17, 15) is 0 Å². The van der Waals surface area contributed by atoms with Gasteiger partial charge in [-0.05, 0) is 47.2 Å². The van der Waals surface area contributed by atoms with E-state index in [4.69, 9.17) is 15.2 Å². The first-order valence-electron chi connectivity index (χ1n) is 5.59. The van der Waals surface area contributed by atoms with E-state index in [2.05, 4.69) is 27.9 Å². The van der Waals surface area contributed by atoms with Gasteiger partial charge in [-0.1, -0.05) is 0 Å². The maximum absolute atomic E-state index is 5.69. The van der Waals surface area contributed by atoms with Crippen LogP contribution in [0.15, 0.2) is 18.2 Å². The van der Waals surface area contributed by atoms with E-state index in [-0.39, 0.29) is 0 Å². The van der Waals surface area contributed by atoms with Crippen LogP contribution in [-0.2, 0) is 9.47 Å². The van der Waals surface area contributed by atoms with Crippen LogP contribution in [-0.4, -0.2) is 33.5 Å². The summed E-state index contributed by atoms with van der Waals surface area (Å²) in [4.78, 5) is 0. The Labute approximate surface area is 116 Å². The van der Waals surface area contributed by atoms with Gasteiger partial charge in [0.25, 0.3) is 0 Å². The molecule has 0 spiro atoms. The Morgan fingerprint density at radius 3 is 2.82 bits per heavy atom. The summed E-state index contributed by atoms with van der Waals surface area (Å²) in [6.07, 6.45) is 0.976. The van der Waals surface area contributed by atoms with Crippen molar-refractivity contribution in [2.24, 2.45) is 0 Å². The van der Waals surface area contributed by atoms with Gasteiger partial charge in [-0.25, -0.2) is 0 Å². The number of anilines is 2. The Kier molecular flexibility index (Phi) is 7.30. The van der Waals surface area contributed by atoms with Crippen LogP contribution in [0.3, 0.4) is 0 Å². The van der Waals surface area contributed by atoms with Gasteiger partial charge in [0.05, 0.1) is 13.2 Å². The second-order valence-electron chi connectivity index (χ2n) is 3.62. The summed E-state index contributed by atoms with van der Waals surface area (Å²) < 4.78 is 11.4. The average Bonchev–Trinajstić information content (AvgIpc) is 2.30. The first-order valence-corrected chi connectivity index (χ1v) is 6.67. The van der Waals surface area contributed by atoms with Crippen molar-refractivity contribution in [3.8, 4) is 0 Å². The van der Waals surface area contributed by atoms with Gasteiger partial charge in [-0.2, -0.15) is 0 Å². The minimum absolute atomic E-state index is 0.656. The summed E-state index contributed by atoms with van der Waals surface area (Å²) in [5.74, 6) is 0. The highest BCUT2D eigenvalue weighted by Gasteiger charge is 1.98. The predicted octanol–water partition coefficient (Wildman–Crippen LogP) is 2.34. The molecule has 0 fully saturated rings. The molecular formula is C12H19IN2O2. The van der Waals surface area contributed by atoms with E-state index < -0.39 is 0 Å². The average molecular weight is 350 g/mol. The molecule has 5 heteroatoms. The molecule has 1 rings (SSSR count). The molecule has 0 amide bonds. The van der Waals surface area contributed by atoms with Gasteiger partial charge < -0.3 is 20.5 Å². The zero-order valence-electron chi connectivity index (χ0n) is 10.0. The fourth-order valence-electron chi connectivity index (χ4n) is 1.32. The van der Waals surface area contributed by atoms with Crippen molar-refractivity contribution in [2.75, 3.05) is 44.5 Å². The normalized spacial score (nSPS) is 10.5. The Morgan fingerprint density at radius 1 is 1.29 bits per heavy atom. The number of rotatable bonds is 8.